The van der Waals surface area contributed by atoms with E-state index in [-0.39, 0.29) is 5.92 Å². The van der Waals surface area contributed by atoms with Gasteiger partial charge in [-0.05, 0) is 84.6 Å². The van der Waals surface area contributed by atoms with Crippen molar-refractivity contribution in [2.45, 2.75) is 65.2 Å². The van der Waals surface area contributed by atoms with Crippen LogP contribution < -0.4 is 0 Å². The summed E-state index contributed by atoms with van der Waals surface area (Å²) in [6, 6.07) is 14.7. The molecule has 0 bridgehead atoms. The lowest BCUT2D eigenvalue weighted by Gasteiger charge is -2.24. The Balaban J connectivity index is 1.47. The number of halogens is 2. The molecule has 2 atom stereocenters. The standard InChI is InChI=1S/C26H32F2/c1-17(2)24-16-23-9-8-19(15-25(23)26(24,27)28)14-18(3)20-10-12-21-6-4-5-7-22(21)13-11-20/h4-9,15,17-18,20,24H,10-14,16H2,1-3H3. The largest absolute Gasteiger partial charge is 0.276 e. The van der Waals surface area contributed by atoms with Crippen LogP contribution in [0.4, 0.5) is 8.78 Å². The van der Waals surface area contributed by atoms with Crippen molar-refractivity contribution in [1.29, 1.82) is 0 Å². The Bertz CT molecular complexity index is 809. The van der Waals surface area contributed by atoms with Gasteiger partial charge >= 0.3 is 0 Å². The molecule has 0 N–H and O–H groups in total. The number of benzene rings is 2. The van der Waals surface area contributed by atoms with E-state index in [0.717, 1.165) is 30.4 Å². The van der Waals surface area contributed by atoms with Gasteiger partial charge in [0.05, 0.1) is 0 Å². The van der Waals surface area contributed by atoms with Crippen molar-refractivity contribution in [3.05, 3.63) is 70.3 Å². The summed E-state index contributed by atoms with van der Waals surface area (Å²) in [5.74, 6) is -2.08. The van der Waals surface area contributed by atoms with E-state index in [0.29, 0.717) is 23.8 Å². The van der Waals surface area contributed by atoms with Crippen molar-refractivity contribution in [2.75, 3.05) is 0 Å². The Morgan fingerprint density at radius 2 is 1.57 bits per heavy atom. The molecule has 0 amide bonds. The summed E-state index contributed by atoms with van der Waals surface area (Å²) in [5.41, 5.74) is 5.22. The number of rotatable bonds is 4. The van der Waals surface area contributed by atoms with Crippen molar-refractivity contribution < 1.29 is 8.78 Å². The van der Waals surface area contributed by atoms with Gasteiger partial charge in [-0.3, -0.25) is 0 Å². The third kappa shape index (κ3) is 3.63. The SMILES string of the molecule is CC(C)C1Cc2ccc(CC(C)C3CCc4ccccc4CC3)cc2C1(F)F. The van der Waals surface area contributed by atoms with Crippen LogP contribution >= 0.6 is 0 Å². The lowest BCUT2D eigenvalue weighted by atomic mass is 9.82. The molecule has 2 aliphatic carbocycles. The maximum absolute atomic E-state index is 14.9. The second-order valence-electron chi connectivity index (χ2n) is 9.46. The Morgan fingerprint density at radius 3 is 2.18 bits per heavy atom. The van der Waals surface area contributed by atoms with E-state index in [4.69, 9.17) is 0 Å². The Labute approximate surface area is 168 Å². The first-order chi connectivity index (χ1) is 13.4. The number of hydrogen-bond donors (Lipinski definition) is 0. The summed E-state index contributed by atoms with van der Waals surface area (Å²) >= 11 is 0. The Morgan fingerprint density at radius 1 is 0.929 bits per heavy atom. The average molecular weight is 383 g/mol. The van der Waals surface area contributed by atoms with Crippen molar-refractivity contribution in [2.24, 2.45) is 23.7 Å². The van der Waals surface area contributed by atoms with Gasteiger partial charge in [-0.25, -0.2) is 8.78 Å². The zero-order valence-electron chi connectivity index (χ0n) is 17.3. The highest BCUT2D eigenvalue weighted by Crippen LogP contribution is 2.49. The molecular weight excluding hydrogens is 350 g/mol. The molecular formula is C26H32F2. The summed E-state index contributed by atoms with van der Waals surface area (Å²) in [6.45, 7) is 6.14. The zero-order valence-corrected chi connectivity index (χ0v) is 17.3. The van der Waals surface area contributed by atoms with Gasteiger partial charge in [0.1, 0.15) is 0 Å². The molecule has 0 saturated carbocycles. The fourth-order valence-corrected chi connectivity index (χ4v) is 5.44. The van der Waals surface area contributed by atoms with Crippen molar-refractivity contribution in [1.82, 2.24) is 0 Å². The van der Waals surface area contributed by atoms with Crippen LogP contribution in [0.15, 0.2) is 42.5 Å². The summed E-state index contributed by atoms with van der Waals surface area (Å²) in [7, 11) is 0. The number of alkyl halides is 2. The van der Waals surface area contributed by atoms with Crippen LogP contribution in [-0.2, 0) is 31.6 Å². The first-order valence-corrected chi connectivity index (χ1v) is 10.9. The van der Waals surface area contributed by atoms with E-state index in [1.165, 1.54) is 24.0 Å². The maximum atomic E-state index is 14.9. The molecule has 0 fully saturated rings. The van der Waals surface area contributed by atoms with Crippen LogP contribution in [0, 0.1) is 23.7 Å². The summed E-state index contributed by atoms with van der Waals surface area (Å²) in [6.07, 6.45) is 6.10. The third-order valence-electron chi connectivity index (χ3n) is 7.29. The van der Waals surface area contributed by atoms with Crippen LogP contribution in [-0.4, -0.2) is 0 Å². The van der Waals surface area contributed by atoms with E-state index < -0.39 is 11.8 Å². The third-order valence-corrected chi connectivity index (χ3v) is 7.29. The Hall–Kier alpha value is -1.70. The van der Waals surface area contributed by atoms with E-state index in [9.17, 15) is 8.78 Å². The zero-order chi connectivity index (χ0) is 19.9. The molecule has 4 rings (SSSR count). The van der Waals surface area contributed by atoms with Crippen LogP contribution in [0.3, 0.4) is 0 Å². The highest BCUT2D eigenvalue weighted by molar-refractivity contribution is 5.40. The molecule has 150 valence electrons. The molecule has 28 heavy (non-hydrogen) atoms. The summed E-state index contributed by atoms with van der Waals surface area (Å²) < 4.78 is 29.9. The topological polar surface area (TPSA) is 0 Å². The van der Waals surface area contributed by atoms with Crippen molar-refractivity contribution in [3.63, 3.8) is 0 Å². The molecule has 0 saturated heterocycles. The maximum Gasteiger partial charge on any atom is 0.276 e. The van der Waals surface area contributed by atoms with Gasteiger partial charge in [0, 0.05) is 11.5 Å². The molecule has 2 unspecified atom stereocenters. The second-order valence-corrected chi connectivity index (χ2v) is 9.46. The smallest absolute Gasteiger partial charge is 0.201 e. The molecule has 2 heteroatoms. The van der Waals surface area contributed by atoms with Gasteiger partial charge in [0.2, 0.25) is 0 Å². The first-order valence-electron chi connectivity index (χ1n) is 10.9. The second kappa shape index (κ2) is 7.61. The fourth-order valence-electron chi connectivity index (χ4n) is 5.44. The molecule has 0 heterocycles. The van der Waals surface area contributed by atoms with Crippen LogP contribution in [0.5, 0.6) is 0 Å². The number of aryl methyl sites for hydroxylation is 2. The van der Waals surface area contributed by atoms with Gasteiger partial charge < -0.3 is 0 Å². The lowest BCUT2D eigenvalue weighted by molar-refractivity contribution is -0.0689. The minimum absolute atomic E-state index is 0.00241. The van der Waals surface area contributed by atoms with Crippen molar-refractivity contribution in [3.8, 4) is 0 Å². The normalized spacial score (nSPS) is 22.6. The summed E-state index contributed by atoms with van der Waals surface area (Å²) in [5, 5.41) is 0. The highest BCUT2D eigenvalue weighted by Gasteiger charge is 2.49. The van der Waals surface area contributed by atoms with E-state index in [1.807, 2.05) is 26.0 Å². The molecule has 0 radical (unpaired) electrons. The minimum atomic E-state index is -2.69. The van der Waals surface area contributed by atoms with Crippen LogP contribution in [0.1, 0.15) is 61.4 Å². The van der Waals surface area contributed by atoms with Crippen LogP contribution in [0.25, 0.3) is 0 Å². The summed E-state index contributed by atoms with van der Waals surface area (Å²) in [4.78, 5) is 0. The van der Waals surface area contributed by atoms with E-state index >= 15 is 0 Å². The van der Waals surface area contributed by atoms with Gasteiger partial charge in [-0.15, -0.1) is 0 Å². The molecule has 0 aromatic heterocycles. The molecule has 0 spiro atoms. The molecule has 2 aromatic carbocycles. The minimum Gasteiger partial charge on any atom is -0.201 e. The van der Waals surface area contributed by atoms with Gasteiger partial charge in [-0.2, -0.15) is 0 Å². The molecule has 2 aromatic rings. The van der Waals surface area contributed by atoms with Gasteiger partial charge in [0.25, 0.3) is 5.92 Å². The predicted molar refractivity (Wildman–Crippen MR) is 112 cm³/mol. The van der Waals surface area contributed by atoms with E-state index in [2.05, 4.69) is 37.3 Å². The lowest BCUT2D eigenvalue weighted by Crippen LogP contribution is -2.25. The Kier molecular flexibility index (Phi) is 5.33. The quantitative estimate of drug-likeness (QED) is 0.500. The molecule has 2 aliphatic rings. The highest BCUT2D eigenvalue weighted by atomic mass is 19.3. The fraction of sp³-hybridized carbons (Fsp3) is 0.538. The monoisotopic (exact) mass is 382 g/mol. The predicted octanol–water partition coefficient (Wildman–Crippen LogP) is 6.98. The van der Waals surface area contributed by atoms with Gasteiger partial charge in [0.15, 0.2) is 0 Å². The molecule has 0 aliphatic heterocycles. The van der Waals surface area contributed by atoms with Crippen LogP contribution in [0.2, 0.25) is 0 Å². The van der Waals surface area contributed by atoms with Gasteiger partial charge in [-0.1, -0.05) is 57.2 Å². The average Bonchev–Trinajstić information content (AvgIpc) is 2.81. The number of hydrogen-bond acceptors (Lipinski definition) is 0. The molecule has 0 nitrogen and oxygen atoms in total. The van der Waals surface area contributed by atoms with Crippen molar-refractivity contribution >= 4 is 0 Å². The number of fused-ring (bicyclic) bond motifs is 2. The van der Waals surface area contributed by atoms with E-state index in [1.54, 1.807) is 0 Å². The first kappa shape index (κ1) is 19.6.